The molecule has 6 nitrogen and oxygen atoms in total. The van der Waals surface area contributed by atoms with Gasteiger partial charge < -0.3 is 15.5 Å². The van der Waals surface area contributed by atoms with Crippen molar-refractivity contribution in [3.63, 3.8) is 0 Å². The topological polar surface area (TPSA) is 78.5 Å². The number of rotatable bonds is 6. The average Bonchev–Trinajstić information content (AvgIpc) is 3.22. The van der Waals surface area contributed by atoms with Gasteiger partial charge in [-0.2, -0.15) is 0 Å². The van der Waals surface area contributed by atoms with Gasteiger partial charge in [0, 0.05) is 34.4 Å². The summed E-state index contributed by atoms with van der Waals surface area (Å²) < 4.78 is 0.898. The number of hydrogen-bond donors (Lipinski definition) is 2. The zero-order valence-electron chi connectivity index (χ0n) is 15.9. The highest BCUT2D eigenvalue weighted by Crippen LogP contribution is 2.21. The molecule has 0 radical (unpaired) electrons. The first-order valence-corrected chi connectivity index (χ1v) is 10.2. The summed E-state index contributed by atoms with van der Waals surface area (Å²) in [5.41, 5.74) is 1.62. The molecule has 1 heterocycles. The number of halogens is 1. The minimum Gasteiger partial charge on any atom is -0.351 e. The summed E-state index contributed by atoms with van der Waals surface area (Å²) in [5, 5.41) is 5.57. The third kappa shape index (κ3) is 5.12. The molecule has 29 heavy (non-hydrogen) atoms. The van der Waals surface area contributed by atoms with Crippen molar-refractivity contribution >= 4 is 39.3 Å². The van der Waals surface area contributed by atoms with Crippen LogP contribution in [0.4, 0.5) is 5.69 Å². The molecule has 2 aromatic carbocycles. The summed E-state index contributed by atoms with van der Waals surface area (Å²) in [6, 6.07) is 13.3. The molecule has 2 aromatic rings. The van der Waals surface area contributed by atoms with Crippen LogP contribution in [0.25, 0.3) is 0 Å². The molecule has 1 aliphatic heterocycles. The quantitative estimate of drug-likeness (QED) is 0.652. The summed E-state index contributed by atoms with van der Waals surface area (Å²) in [5.74, 6) is -0.573. The summed E-state index contributed by atoms with van der Waals surface area (Å²) in [4.78, 5) is 39.0. The highest BCUT2D eigenvalue weighted by molar-refractivity contribution is 9.10. The number of hydrogen-bond acceptors (Lipinski definition) is 3. The predicted molar refractivity (Wildman–Crippen MR) is 116 cm³/mol. The fraction of sp³-hybridized carbons (Fsp3) is 0.227. The minimum atomic E-state index is -0.459. The van der Waals surface area contributed by atoms with E-state index in [-0.39, 0.29) is 17.7 Å². The lowest BCUT2D eigenvalue weighted by Gasteiger charge is -2.24. The molecular formula is C22H22BrN3O3. The average molecular weight is 456 g/mol. The molecular weight excluding hydrogens is 434 g/mol. The number of benzene rings is 2. The summed E-state index contributed by atoms with van der Waals surface area (Å²) in [7, 11) is 0. The number of nitrogens with one attached hydrogen (secondary N) is 2. The van der Waals surface area contributed by atoms with Gasteiger partial charge in [-0.05, 0) is 61.4 Å². The van der Waals surface area contributed by atoms with E-state index in [1.807, 2.05) is 0 Å². The molecule has 1 fully saturated rings. The van der Waals surface area contributed by atoms with Gasteiger partial charge in [-0.1, -0.05) is 22.0 Å². The number of amides is 3. The van der Waals surface area contributed by atoms with Crippen LogP contribution in [0.15, 0.2) is 65.7 Å². The SMILES string of the molecule is C=CCNC(=O)C1CCCN1C(=O)c1ccc(NC(=O)c2ccc(Br)cc2)cc1. The van der Waals surface area contributed by atoms with E-state index in [0.717, 1.165) is 10.9 Å². The van der Waals surface area contributed by atoms with Crippen LogP contribution in [0.2, 0.25) is 0 Å². The Balaban J connectivity index is 1.65. The van der Waals surface area contributed by atoms with Gasteiger partial charge in [0.2, 0.25) is 5.91 Å². The molecule has 2 N–H and O–H groups in total. The molecule has 1 unspecified atom stereocenters. The first-order valence-electron chi connectivity index (χ1n) is 9.36. The Morgan fingerprint density at radius 3 is 2.38 bits per heavy atom. The molecule has 0 saturated carbocycles. The second kappa shape index (κ2) is 9.52. The van der Waals surface area contributed by atoms with E-state index in [0.29, 0.717) is 36.3 Å². The van der Waals surface area contributed by atoms with Crippen LogP contribution in [0.5, 0.6) is 0 Å². The smallest absolute Gasteiger partial charge is 0.255 e. The zero-order chi connectivity index (χ0) is 20.8. The van der Waals surface area contributed by atoms with E-state index in [4.69, 9.17) is 0 Å². The predicted octanol–water partition coefficient (Wildman–Crippen LogP) is 3.61. The van der Waals surface area contributed by atoms with E-state index in [2.05, 4.69) is 33.1 Å². The van der Waals surface area contributed by atoms with Crippen molar-refractivity contribution in [2.24, 2.45) is 0 Å². The van der Waals surface area contributed by atoms with Crippen molar-refractivity contribution < 1.29 is 14.4 Å². The van der Waals surface area contributed by atoms with Crippen LogP contribution >= 0.6 is 15.9 Å². The molecule has 0 aliphatic carbocycles. The van der Waals surface area contributed by atoms with Crippen LogP contribution in [0.3, 0.4) is 0 Å². The van der Waals surface area contributed by atoms with Gasteiger partial charge in [0.25, 0.3) is 11.8 Å². The molecule has 1 aliphatic rings. The Kier molecular flexibility index (Phi) is 6.82. The number of carbonyl (C=O) groups excluding carboxylic acids is 3. The van der Waals surface area contributed by atoms with E-state index >= 15 is 0 Å². The molecule has 7 heteroatoms. The Labute approximate surface area is 178 Å². The van der Waals surface area contributed by atoms with Crippen LogP contribution in [-0.4, -0.2) is 41.8 Å². The van der Waals surface area contributed by atoms with Crippen molar-refractivity contribution in [3.8, 4) is 0 Å². The highest BCUT2D eigenvalue weighted by Gasteiger charge is 2.34. The second-order valence-corrected chi connectivity index (χ2v) is 7.64. The highest BCUT2D eigenvalue weighted by atomic mass is 79.9. The normalized spacial score (nSPS) is 15.6. The Morgan fingerprint density at radius 2 is 1.72 bits per heavy atom. The number of carbonyl (C=O) groups is 3. The van der Waals surface area contributed by atoms with Gasteiger partial charge in [0.15, 0.2) is 0 Å². The maximum atomic E-state index is 12.9. The minimum absolute atomic E-state index is 0.158. The maximum absolute atomic E-state index is 12.9. The largest absolute Gasteiger partial charge is 0.351 e. The summed E-state index contributed by atoms with van der Waals surface area (Å²) >= 11 is 3.34. The fourth-order valence-corrected chi connectivity index (χ4v) is 3.50. The second-order valence-electron chi connectivity index (χ2n) is 6.73. The molecule has 1 atom stereocenters. The summed E-state index contributed by atoms with van der Waals surface area (Å²) in [6.07, 6.45) is 3.05. The molecule has 0 spiro atoms. The maximum Gasteiger partial charge on any atom is 0.255 e. The van der Waals surface area contributed by atoms with Crippen molar-refractivity contribution in [3.05, 3.63) is 76.8 Å². The number of anilines is 1. The number of nitrogens with zero attached hydrogens (tertiary/aromatic N) is 1. The lowest BCUT2D eigenvalue weighted by atomic mass is 10.1. The van der Waals surface area contributed by atoms with E-state index in [9.17, 15) is 14.4 Å². The molecule has 3 rings (SSSR count). The van der Waals surface area contributed by atoms with Gasteiger partial charge in [0.1, 0.15) is 6.04 Å². The van der Waals surface area contributed by atoms with Crippen LogP contribution in [-0.2, 0) is 4.79 Å². The van der Waals surface area contributed by atoms with Crippen molar-refractivity contribution in [1.29, 1.82) is 0 Å². The van der Waals surface area contributed by atoms with Gasteiger partial charge >= 0.3 is 0 Å². The first-order chi connectivity index (χ1) is 14.0. The fourth-order valence-electron chi connectivity index (χ4n) is 3.24. The summed E-state index contributed by atoms with van der Waals surface area (Å²) in [6.45, 7) is 4.51. The third-order valence-electron chi connectivity index (χ3n) is 4.73. The van der Waals surface area contributed by atoms with Crippen LogP contribution < -0.4 is 10.6 Å². The third-order valence-corrected chi connectivity index (χ3v) is 5.26. The molecule has 1 saturated heterocycles. The van der Waals surface area contributed by atoms with Gasteiger partial charge in [-0.25, -0.2) is 0 Å². The van der Waals surface area contributed by atoms with Crippen LogP contribution in [0, 0.1) is 0 Å². The van der Waals surface area contributed by atoms with Crippen molar-refractivity contribution in [1.82, 2.24) is 10.2 Å². The molecule has 0 aromatic heterocycles. The number of likely N-dealkylation sites (tertiary alicyclic amines) is 1. The van der Waals surface area contributed by atoms with Crippen LogP contribution in [0.1, 0.15) is 33.6 Å². The van der Waals surface area contributed by atoms with Gasteiger partial charge in [-0.15, -0.1) is 6.58 Å². The zero-order valence-corrected chi connectivity index (χ0v) is 17.4. The van der Waals surface area contributed by atoms with Gasteiger partial charge in [0.05, 0.1) is 0 Å². The monoisotopic (exact) mass is 455 g/mol. The first kappa shape index (κ1) is 20.8. The van der Waals surface area contributed by atoms with E-state index in [1.165, 1.54) is 0 Å². The lowest BCUT2D eigenvalue weighted by Crippen LogP contribution is -2.46. The van der Waals surface area contributed by atoms with Gasteiger partial charge in [-0.3, -0.25) is 14.4 Å². The molecule has 3 amide bonds. The van der Waals surface area contributed by atoms with E-state index in [1.54, 1.807) is 59.5 Å². The Hall–Kier alpha value is -2.93. The van der Waals surface area contributed by atoms with E-state index < -0.39 is 6.04 Å². The Bertz CT molecular complexity index is 910. The Morgan fingerprint density at radius 1 is 1.07 bits per heavy atom. The lowest BCUT2D eigenvalue weighted by molar-refractivity contribution is -0.124. The molecule has 150 valence electrons. The standard InChI is InChI=1S/C22H22BrN3O3/c1-2-13-24-21(28)19-4-3-14-26(19)22(29)16-7-11-18(12-8-16)25-20(27)15-5-9-17(23)10-6-15/h2,5-12,19H,1,3-4,13-14H2,(H,24,28)(H,25,27). The molecule has 0 bridgehead atoms. The van der Waals surface area contributed by atoms with Crippen molar-refractivity contribution in [2.75, 3.05) is 18.4 Å². The van der Waals surface area contributed by atoms with Crippen molar-refractivity contribution in [2.45, 2.75) is 18.9 Å².